The quantitative estimate of drug-likeness (QED) is 0.781. The molecule has 98 valence electrons. The summed E-state index contributed by atoms with van der Waals surface area (Å²) in [5.74, 6) is -1.54. The van der Waals surface area contributed by atoms with Crippen molar-refractivity contribution >= 4 is 11.9 Å². The van der Waals surface area contributed by atoms with Crippen LogP contribution in [0.15, 0.2) is 12.1 Å². The molecule has 1 aromatic carbocycles. The average molecular weight is 249 g/mol. The fourth-order valence-electron chi connectivity index (χ4n) is 1.82. The minimum Gasteiger partial charge on any atom is -0.481 e. The number of aryl methyl sites for hydroxylation is 1. The molecule has 18 heavy (non-hydrogen) atoms. The third-order valence-corrected chi connectivity index (χ3v) is 3.20. The van der Waals surface area contributed by atoms with E-state index >= 15 is 0 Å². The van der Waals surface area contributed by atoms with Crippen molar-refractivity contribution < 1.29 is 14.7 Å². The predicted octanol–water partition coefficient (Wildman–Crippen LogP) is 1.75. The fraction of sp³-hybridized carbons (Fsp3) is 0.429. The van der Waals surface area contributed by atoms with Gasteiger partial charge in [-0.2, -0.15) is 0 Å². The van der Waals surface area contributed by atoms with Gasteiger partial charge in [0.25, 0.3) is 0 Å². The summed E-state index contributed by atoms with van der Waals surface area (Å²) < 4.78 is 0. The Kier molecular flexibility index (Phi) is 4.89. The lowest BCUT2D eigenvalue weighted by Gasteiger charge is -2.11. The van der Waals surface area contributed by atoms with Crippen molar-refractivity contribution in [1.29, 1.82) is 0 Å². The number of carbonyl (C=O) groups excluding carboxylic acids is 1. The van der Waals surface area contributed by atoms with Gasteiger partial charge in [0.15, 0.2) is 0 Å². The number of carbonyl (C=O) groups is 2. The zero-order valence-corrected chi connectivity index (χ0v) is 11.0. The van der Waals surface area contributed by atoms with Gasteiger partial charge in [-0.1, -0.05) is 12.1 Å². The maximum atomic E-state index is 11.2. The lowest BCUT2D eigenvalue weighted by Crippen LogP contribution is -2.27. The highest BCUT2D eigenvalue weighted by molar-refractivity contribution is 5.93. The second-order valence-corrected chi connectivity index (χ2v) is 4.46. The molecule has 2 N–H and O–H groups in total. The van der Waals surface area contributed by atoms with Crippen LogP contribution in [0.25, 0.3) is 0 Å². The number of aliphatic carboxylic acids is 1. The molecule has 1 amide bonds. The minimum absolute atomic E-state index is 0.441. The van der Waals surface area contributed by atoms with Crippen LogP contribution in [0.3, 0.4) is 0 Å². The molecular formula is C14H19NO3. The molecule has 4 heteroatoms. The molecule has 0 fully saturated rings. The summed E-state index contributed by atoms with van der Waals surface area (Å²) in [5, 5.41) is 11.1. The van der Waals surface area contributed by atoms with E-state index in [1.54, 1.807) is 0 Å². The number of benzene rings is 1. The molecule has 0 saturated carbocycles. The van der Waals surface area contributed by atoms with Crippen molar-refractivity contribution in [2.45, 2.75) is 33.6 Å². The van der Waals surface area contributed by atoms with Crippen molar-refractivity contribution in [2.24, 2.45) is 0 Å². The number of hydrogen-bond acceptors (Lipinski definition) is 2. The Hall–Kier alpha value is -1.84. The monoisotopic (exact) mass is 249 g/mol. The number of nitrogens with one attached hydrogen (secondary N) is 1. The number of hydrogen-bond donors (Lipinski definition) is 2. The van der Waals surface area contributed by atoms with E-state index in [0.717, 1.165) is 6.42 Å². The maximum absolute atomic E-state index is 11.2. The van der Waals surface area contributed by atoms with Crippen LogP contribution in [0.4, 0.5) is 0 Å². The molecule has 0 aliphatic carbocycles. The topological polar surface area (TPSA) is 66.4 Å². The summed E-state index contributed by atoms with van der Waals surface area (Å²) in [6.07, 6.45) is 0.254. The van der Waals surface area contributed by atoms with Crippen LogP contribution in [0.1, 0.15) is 28.7 Å². The van der Waals surface area contributed by atoms with E-state index in [-0.39, 0.29) is 0 Å². The average Bonchev–Trinajstić information content (AvgIpc) is 2.28. The van der Waals surface area contributed by atoms with Gasteiger partial charge in [0.1, 0.15) is 6.42 Å². The van der Waals surface area contributed by atoms with E-state index in [1.165, 1.54) is 22.3 Å². The first-order valence-electron chi connectivity index (χ1n) is 5.96. The number of carboxylic acid groups (broad SMARTS) is 1. The molecule has 0 aliphatic rings. The first kappa shape index (κ1) is 14.2. The van der Waals surface area contributed by atoms with Gasteiger partial charge in [-0.3, -0.25) is 9.59 Å². The molecule has 4 nitrogen and oxygen atoms in total. The zero-order chi connectivity index (χ0) is 13.7. The van der Waals surface area contributed by atoms with Gasteiger partial charge in [-0.15, -0.1) is 0 Å². The minimum atomic E-state index is -1.10. The second-order valence-electron chi connectivity index (χ2n) is 4.46. The van der Waals surface area contributed by atoms with Gasteiger partial charge < -0.3 is 10.4 Å². The van der Waals surface area contributed by atoms with Gasteiger partial charge in [0.2, 0.25) is 5.91 Å². The first-order chi connectivity index (χ1) is 8.41. The zero-order valence-electron chi connectivity index (χ0n) is 11.0. The third kappa shape index (κ3) is 3.87. The summed E-state index contributed by atoms with van der Waals surface area (Å²) in [6.45, 7) is 6.68. The summed E-state index contributed by atoms with van der Waals surface area (Å²) in [5.41, 5.74) is 4.95. The molecule has 1 aromatic rings. The lowest BCUT2D eigenvalue weighted by atomic mass is 9.97. The van der Waals surface area contributed by atoms with Crippen molar-refractivity contribution in [1.82, 2.24) is 5.32 Å². The lowest BCUT2D eigenvalue weighted by molar-refractivity contribution is -0.140. The standard InChI is InChI=1S/C14H19NO3/c1-9-4-5-12(11(3)10(9)2)6-7-15-13(16)8-14(17)18/h4-5H,6-8H2,1-3H3,(H,15,16)(H,17,18). The summed E-state index contributed by atoms with van der Waals surface area (Å²) in [4.78, 5) is 21.5. The van der Waals surface area contributed by atoms with E-state index in [1.807, 2.05) is 0 Å². The van der Waals surface area contributed by atoms with Crippen molar-refractivity contribution in [3.05, 3.63) is 34.4 Å². The summed E-state index contributed by atoms with van der Waals surface area (Å²) in [6, 6.07) is 4.12. The van der Waals surface area contributed by atoms with Gasteiger partial charge in [0.05, 0.1) is 0 Å². The third-order valence-electron chi connectivity index (χ3n) is 3.20. The summed E-state index contributed by atoms with van der Waals surface area (Å²) in [7, 11) is 0. The van der Waals surface area contributed by atoms with Crippen molar-refractivity contribution in [2.75, 3.05) is 6.54 Å². The Bertz CT molecular complexity index is 466. The Morgan fingerprint density at radius 3 is 2.44 bits per heavy atom. The van der Waals surface area contributed by atoms with E-state index in [9.17, 15) is 9.59 Å². The molecular weight excluding hydrogens is 230 g/mol. The molecule has 0 aliphatic heterocycles. The highest BCUT2D eigenvalue weighted by Gasteiger charge is 2.07. The Labute approximate surface area is 107 Å². The van der Waals surface area contributed by atoms with Gasteiger partial charge in [0, 0.05) is 6.54 Å². The van der Waals surface area contributed by atoms with Crippen LogP contribution in [0.5, 0.6) is 0 Å². The number of carboxylic acids is 1. The van der Waals surface area contributed by atoms with Gasteiger partial charge in [-0.25, -0.2) is 0 Å². The Morgan fingerprint density at radius 1 is 1.17 bits per heavy atom. The Balaban J connectivity index is 2.52. The molecule has 1 rings (SSSR count). The number of rotatable bonds is 5. The van der Waals surface area contributed by atoms with Gasteiger partial charge >= 0.3 is 5.97 Å². The van der Waals surface area contributed by atoms with Crippen molar-refractivity contribution in [3.63, 3.8) is 0 Å². The number of amides is 1. The molecule has 0 atom stereocenters. The first-order valence-corrected chi connectivity index (χ1v) is 5.96. The smallest absolute Gasteiger partial charge is 0.312 e. The highest BCUT2D eigenvalue weighted by Crippen LogP contribution is 2.17. The Morgan fingerprint density at radius 2 is 1.83 bits per heavy atom. The van der Waals surface area contributed by atoms with Crippen LogP contribution >= 0.6 is 0 Å². The molecule has 0 radical (unpaired) electrons. The largest absolute Gasteiger partial charge is 0.481 e. The van der Waals surface area contributed by atoms with E-state index < -0.39 is 18.3 Å². The fourth-order valence-corrected chi connectivity index (χ4v) is 1.82. The van der Waals surface area contributed by atoms with Crippen LogP contribution in [0.2, 0.25) is 0 Å². The molecule has 0 unspecified atom stereocenters. The molecule has 0 heterocycles. The van der Waals surface area contributed by atoms with Crippen LogP contribution in [-0.4, -0.2) is 23.5 Å². The predicted molar refractivity (Wildman–Crippen MR) is 69.6 cm³/mol. The molecule has 0 saturated heterocycles. The van der Waals surface area contributed by atoms with Crippen molar-refractivity contribution in [3.8, 4) is 0 Å². The van der Waals surface area contributed by atoms with Crippen LogP contribution in [-0.2, 0) is 16.0 Å². The second kappa shape index (κ2) is 6.19. The SMILES string of the molecule is Cc1ccc(CCNC(=O)CC(=O)O)c(C)c1C. The highest BCUT2D eigenvalue weighted by atomic mass is 16.4. The molecule has 0 bridgehead atoms. The van der Waals surface area contributed by atoms with E-state index in [2.05, 4.69) is 38.2 Å². The summed E-state index contributed by atoms with van der Waals surface area (Å²) >= 11 is 0. The maximum Gasteiger partial charge on any atom is 0.312 e. The van der Waals surface area contributed by atoms with Crippen LogP contribution in [0, 0.1) is 20.8 Å². The molecule has 0 spiro atoms. The van der Waals surface area contributed by atoms with Gasteiger partial charge in [-0.05, 0) is 49.4 Å². The normalized spacial score (nSPS) is 10.2. The van der Waals surface area contributed by atoms with E-state index in [4.69, 9.17) is 5.11 Å². The molecule has 0 aromatic heterocycles. The van der Waals surface area contributed by atoms with E-state index in [0.29, 0.717) is 6.54 Å². The van der Waals surface area contributed by atoms with Crippen LogP contribution < -0.4 is 5.32 Å².